The van der Waals surface area contributed by atoms with Gasteiger partial charge >= 0.3 is 0 Å². The van der Waals surface area contributed by atoms with Gasteiger partial charge in [-0.2, -0.15) is 0 Å². The van der Waals surface area contributed by atoms with Gasteiger partial charge in [-0.3, -0.25) is 0 Å². The van der Waals surface area contributed by atoms with E-state index in [0.717, 1.165) is 73.2 Å². The predicted octanol–water partition coefficient (Wildman–Crippen LogP) is 12.0. The van der Waals surface area contributed by atoms with Crippen molar-refractivity contribution in [3.63, 3.8) is 0 Å². The van der Waals surface area contributed by atoms with Gasteiger partial charge in [0.1, 0.15) is 11.4 Å². The van der Waals surface area contributed by atoms with Gasteiger partial charge in [0, 0.05) is 33.0 Å². The average Bonchev–Trinajstić information content (AvgIpc) is 3.77. The van der Waals surface area contributed by atoms with Crippen molar-refractivity contribution in [2.45, 2.75) is 20.3 Å². The topological polar surface area (TPSA) is 54.5 Å². The molecular formula is C48H34N4. The minimum Gasteiger partial charge on any atom is -0.354 e. The fourth-order valence-corrected chi connectivity index (χ4v) is 8.38. The molecule has 0 unspecified atom stereocenters. The van der Waals surface area contributed by atoms with Crippen LogP contribution in [-0.4, -0.2) is 20.4 Å². The lowest BCUT2D eigenvalue weighted by Crippen LogP contribution is -2.04. The van der Waals surface area contributed by atoms with Crippen molar-refractivity contribution in [3.05, 3.63) is 174 Å². The largest absolute Gasteiger partial charge is 0.354 e. The summed E-state index contributed by atoms with van der Waals surface area (Å²) in [5.41, 5.74) is 20.3. The highest BCUT2D eigenvalue weighted by atomic mass is 15.3. The molecule has 0 saturated carbocycles. The van der Waals surface area contributed by atoms with Crippen LogP contribution in [0, 0.1) is 13.8 Å². The van der Waals surface area contributed by atoms with Crippen molar-refractivity contribution < 1.29 is 0 Å². The number of benzene rings is 7. The van der Waals surface area contributed by atoms with E-state index < -0.39 is 0 Å². The van der Waals surface area contributed by atoms with Crippen LogP contribution in [0.25, 0.3) is 88.8 Å². The molecule has 0 amide bonds. The molecular weight excluding hydrogens is 633 g/mol. The lowest BCUT2D eigenvalue weighted by atomic mass is 9.83. The van der Waals surface area contributed by atoms with Crippen molar-refractivity contribution in [2.24, 2.45) is 0 Å². The molecule has 9 aromatic rings. The van der Waals surface area contributed by atoms with Crippen LogP contribution >= 0.6 is 0 Å². The summed E-state index contributed by atoms with van der Waals surface area (Å²) >= 11 is 0. The molecule has 0 fully saturated rings. The maximum Gasteiger partial charge on any atom is 0.108 e. The summed E-state index contributed by atoms with van der Waals surface area (Å²) in [5.74, 6) is 0. The highest BCUT2D eigenvalue weighted by Crippen LogP contribution is 2.51. The van der Waals surface area contributed by atoms with E-state index in [0.29, 0.717) is 0 Å². The van der Waals surface area contributed by atoms with Gasteiger partial charge in [0.05, 0.1) is 5.52 Å². The van der Waals surface area contributed by atoms with Crippen molar-refractivity contribution in [2.75, 3.05) is 0 Å². The highest BCUT2D eigenvalue weighted by Gasteiger charge is 2.30. The quantitative estimate of drug-likeness (QED) is 0.199. The number of H-pyrrole nitrogens is 1. The Morgan fingerprint density at radius 1 is 0.481 bits per heavy atom. The number of fused-ring (bicyclic) bond motifs is 6. The normalized spacial score (nSPS) is 12.0. The van der Waals surface area contributed by atoms with Gasteiger partial charge in [0.15, 0.2) is 0 Å². The average molecular weight is 667 g/mol. The molecule has 0 saturated heterocycles. The molecule has 0 radical (unpaired) electrons. The number of hydrogen-bond acceptors (Lipinski definition) is 3. The Balaban J connectivity index is 1.37. The maximum absolute atomic E-state index is 5.06. The third kappa shape index (κ3) is 4.65. The SMILES string of the molecule is Cc1cc2c(c(-c3ccc4c([nH]c5ccccc54)c3-c3nnnc(-c4ccccc4)c3-c3ccccc3-c3ccccc3)c1C)Cc1ccccc1-2. The molecule has 246 valence electrons. The van der Waals surface area contributed by atoms with E-state index in [9.17, 15) is 0 Å². The van der Waals surface area contributed by atoms with Crippen LogP contribution in [0.1, 0.15) is 22.3 Å². The van der Waals surface area contributed by atoms with Crippen molar-refractivity contribution in [1.82, 2.24) is 20.4 Å². The Labute approximate surface area is 302 Å². The first-order chi connectivity index (χ1) is 25.7. The number of aryl methyl sites for hydroxylation is 1. The van der Waals surface area contributed by atoms with Gasteiger partial charge in [-0.1, -0.05) is 146 Å². The Kier molecular flexibility index (Phi) is 6.97. The van der Waals surface area contributed by atoms with Gasteiger partial charge in [-0.05, 0) is 92.7 Å². The first-order valence-corrected chi connectivity index (χ1v) is 17.8. The van der Waals surface area contributed by atoms with Gasteiger partial charge < -0.3 is 4.98 Å². The molecule has 0 atom stereocenters. The van der Waals surface area contributed by atoms with Gasteiger partial charge in [-0.25, -0.2) is 0 Å². The van der Waals surface area contributed by atoms with Crippen LogP contribution in [-0.2, 0) is 6.42 Å². The van der Waals surface area contributed by atoms with E-state index in [4.69, 9.17) is 10.2 Å². The molecule has 0 bridgehead atoms. The van der Waals surface area contributed by atoms with Crippen molar-refractivity contribution in [1.29, 1.82) is 0 Å². The molecule has 4 heteroatoms. The molecule has 1 aliphatic rings. The first-order valence-electron chi connectivity index (χ1n) is 17.8. The summed E-state index contributed by atoms with van der Waals surface area (Å²) in [6.45, 7) is 4.51. The summed E-state index contributed by atoms with van der Waals surface area (Å²) < 4.78 is 0. The number of rotatable bonds is 5. The molecule has 1 N–H and O–H groups in total. The summed E-state index contributed by atoms with van der Waals surface area (Å²) in [4.78, 5) is 3.87. The van der Waals surface area contributed by atoms with Gasteiger partial charge in [0.25, 0.3) is 0 Å². The van der Waals surface area contributed by atoms with Crippen LogP contribution in [0.15, 0.2) is 152 Å². The molecule has 10 rings (SSSR count). The molecule has 7 aromatic carbocycles. The van der Waals surface area contributed by atoms with E-state index in [1.807, 2.05) is 6.07 Å². The number of nitrogens with one attached hydrogen (secondary N) is 1. The van der Waals surface area contributed by atoms with E-state index in [-0.39, 0.29) is 0 Å². The lowest BCUT2D eigenvalue weighted by molar-refractivity contribution is 0.879. The first kappa shape index (κ1) is 30.2. The third-order valence-electron chi connectivity index (χ3n) is 10.9. The molecule has 2 aromatic heterocycles. The zero-order valence-corrected chi connectivity index (χ0v) is 29.0. The third-order valence-corrected chi connectivity index (χ3v) is 10.9. The van der Waals surface area contributed by atoms with E-state index >= 15 is 0 Å². The molecule has 2 heterocycles. The summed E-state index contributed by atoms with van der Waals surface area (Å²) in [7, 11) is 0. The minimum atomic E-state index is 0.798. The Morgan fingerprint density at radius 2 is 1.13 bits per heavy atom. The predicted molar refractivity (Wildman–Crippen MR) is 214 cm³/mol. The number of aromatic nitrogens is 4. The number of aromatic amines is 1. The fraction of sp³-hybridized carbons (Fsp3) is 0.0625. The van der Waals surface area contributed by atoms with Crippen LogP contribution in [0.2, 0.25) is 0 Å². The summed E-state index contributed by atoms with van der Waals surface area (Å²) in [6, 6.07) is 54.0. The molecule has 0 aliphatic heterocycles. The molecule has 4 nitrogen and oxygen atoms in total. The van der Waals surface area contributed by atoms with Gasteiger partial charge in [0.2, 0.25) is 0 Å². The number of hydrogen-bond donors (Lipinski definition) is 1. The second-order valence-electron chi connectivity index (χ2n) is 13.8. The summed E-state index contributed by atoms with van der Waals surface area (Å²) in [6.07, 6.45) is 0.882. The van der Waals surface area contributed by atoms with Crippen LogP contribution in [0.4, 0.5) is 0 Å². The highest BCUT2D eigenvalue weighted by molar-refractivity contribution is 6.16. The second kappa shape index (κ2) is 12.0. The maximum atomic E-state index is 5.06. The minimum absolute atomic E-state index is 0.798. The van der Waals surface area contributed by atoms with Gasteiger partial charge in [-0.15, -0.1) is 10.2 Å². The monoisotopic (exact) mass is 666 g/mol. The summed E-state index contributed by atoms with van der Waals surface area (Å²) in [5, 5.41) is 16.8. The van der Waals surface area contributed by atoms with Crippen LogP contribution in [0.3, 0.4) is 0 Å². The van der Waals surface area contributed by atoms with Crippen molar-refractivity contribution in [3.8, 4) is 67.0 Å². The zero-order chi connectivity index (χ0) is 34.8. The number of para-hydroxylation sites is 1. The standard InChI is InChI=1S/C48H34N4/c1-29-27-40-35-21-10-9-19-33(35)28-41(40)43(30(29)2)39-26-25-38-36-22-13-14-24-42(36)49-47(38)45(39)48-44(46(50-52-51-48)32-17-7-4-8-18-32)37-23-12-11-20-34(37)31-15-5-3-6-16-31/h3-27,49H,28H2,1-2H3. The second-order valence-corrected chi connectivity index (χ2v) is 13.8. The zero-order valence-electron chi connectivity index (χ0n) is 29.0. The fourth-order valence-electron chi connectivity index (χ4n) is 8.38. The molecule has 1 aliphatic carbocycles. The lowest BCUT2D eigenvalue weighted by Gasteiger charge is -2.21. The van der Waals surface area contributed by atoms with E-state index in [1.54, 1.807) is 0 Å². The Hall–Kier alpha value is -6.65. The Morgan fingerprint density at radius 3 is 1.94 bits per heavy atom. The Bertz CT molecular complexity index is 2830. The smallest absolute Gasteiger partial charge is 0.108 e. The van der Waals surface area contributed by atoms with Crippen LogP contribution in [0.5, 0.6) is 0 Å². The molecule has 52 heavy (non-hydrogen) atoms. The number of nitrogens with zero attached hydrogens (tertiary/aromatic N) is 3. The van der Waals surface area contributed by atoms with Crippen LogP contribution < -0.4 is 0 Å². The van der Waals surface area contributed by atoms with Crippen molar-refractivity contribution >= 4 is 21.8 Å². The molecule has 0 spiro atoms. The van der Waals surface area contributed by atoms with E-state index in [1.165, 1.54) is 44.3 Å². The van der Waals surface area contributed by atoms with E-state index in [2.05, 4.69) is 170 Å².